The number of benzene rings is 2. The van der Waals surface area contributed by atoms with E-state index < -0.39 is 11.9 Å². The Hall–Kier alpha value is -2.66. The molecule has 0 unspecified atom stereocenters. The molecular formula is C20H25N3O2. The molecule has 2 rings (SSSR count). The molecule has 0 heterocycles. The van der Waals surface area contributed by atoms with Gasteiger partial charge >= 0.3 is 0 Å². The number of nitrogens with two attached hydrogens (primary N) is 1. The molecule has 0 fully saturated rings. The number of nitrogens with one attached hydrogen (secondary N) is 2. The third-order valence-corrected chi connectivity index (χ3v) is 4.13. The van der Waals surface area contributed by atoms with Gasteiger partial charge in [-0.05, 0) is 36.6 Å². The lowest BCUT2D eigenvalue weighted by Crippen LogP contribution is -2.33. The maximum absolute atomic E-state index is 12.1. The molecule has 0 aliphatic heterocycles. The van der Waals surface area contributed by atoms with Crippen molar-refractivity contribution in [3.8, 4) is 0 Å². The molecule has 5 nitrogen and oxygen atoms in total. The number of hydrogen-bond donors (Lipinski definition) is 3. The molecule has 0 saturated carbocycles. The Bertz CT molecular complexity index is 699. The summed E-state index contributed by atoms with van der Waals surface area (Å²) < 4.78 is 0. The van der Waals surface area contributed by atoms with Gasteiger partial charge in [0.25, 0.3) is 5.91 Å². The number of amides is 2. The predicted molar refractivity (Wildman–Crippen MR) is 98.9 cm³/mol. The van der Waals surface area contributed by atoms with Gasteiger partial charge in [-0.15, -0.1) is 0 Å². The van der Waals surface area contributed by atoms with Crippen molar-refractivity contribution < 1.29 is 9.59 Å². The molecule has 2 amide bonds. The maximum atomic E-state index is 12.1. The minimum Gasteiger partial charge on any atom is -0.368 e. The van der Waals surface area contributed by atoms with Gasteiger partial charge in [-0.3, -0.25) is 14.9 Å². The molecule has 4 N–H and O–H groups in total. The van der Waals surface area contributed by atoms with Crippen molar-refractivity contribution in [3.05, 3.63) is 71.3 Å². The van der Waals surface area contributed by atoms with Crippen LogP contribution in [0.2, 0.25) is 0 Å². The van der Waals surface area contributed by atoms with Gasteiger partial charge in [0.15, 0.2) is 0 Å². The maximum Gasteiger partial charge on any atom is 0.251 e. The Labute approximate surface area is 148 Å². The number of carbonyl (C=O) groups excluding carboxylic acids is 2. The van der Waals surface area contributed by atoms with E-state index >= 15 is 0 Å². The SMILES string of the molecule is CC[C@@H](C)NC(=O)c1ccc(CN[C@H](C(N)=O)c2ccccc2)cc1. The lowest BCUT2D eigenvalue weighted by molar-refractivity contribution is -0.120. The Kier molecular flexibility index (Phi) is 6.71. The summed E-state index contributed by atoms with van der Waals surface area (Å²) in [5.41, 5.74) is 7.93. The zero-order chi connectivity index (χ0) is 18.2. The van der Waals surface area contributed by atoms with Crippen LogP contribution in [-0.4, -0.2) is 17.9 Å². The molecule has 5 heteroatoms. The molecule has 2 aromatic rings. The zero-order valence-corrected chi connectivity index (χ0v) is 14.7. The van der Waals surface area contributed by atoms with Gasteiger partial charge in [0.1, 0.15) is 6.04 Å². The van der Waals surface area contributed by atoms with Crippen LogP contribution in [0.25, 0.3) is 0 Å². The number of hydrogen-bond acceptors (Lipinski definition) is 3. The first-order valence-electron chi connectivity index (χ1n) is 8.48. The fraction of sp³-hybridized carbons (Fsp3) is 0.300. The van der Waals surface area contributed by atoms with Crippen LogP contribution in [0.1, 0.15) is 47.8 Å². The zero-order valence-electron chi connectivity index (χ0n) is 14.7. The van der Waals surface area contributed by atoms with Gasteiger partial charge in [-0.2, -0.15) is 0 Å². The topological polar surface area (TPSA) is 84.2 Å². The van der Waals surface area contributed by atoms with Gasteiger partial charge in [0.2, 0.25) is 5.91 Å². The molecular weight excluding hydrogens is 314 g/mol. The summed E-state index contributed by atoms with van der Waals surface area (Å²) in [5.74, 6) is -0.496. The van der Waals surface area contributed by atoms with Gasteiger partial charge in [0, 0.05) is 18.2 Å². The standard InChI is InChI=1S/C20H25N3O2/c1-3-14(2)23-20(25)17-11-9-15(10-12-17)13-22-18(19(21)24)16-7-5-4-6-8-16/h4-12,14,18,22H,3,13H2,1-2H3,(H2,21,24)(H,23,25)/t14-,18+/m1/s1. The highest BCUT2D eigenvalue weighted by atomic mass is 16.2. The van der Waals surface area contributed by atoms with Crippen LogP contribution in [0, 0.1) is 0 Å². The van der Waals surface area contributed by atoms with E-state index in [4.69, 9.17) is 5.73 Å². The first-order valence-corrected chi connectivity index (χ1v) is 8.48. The van der Waals surface area contributed by atoms with Crippen molar-refractivity contribution in [3.63, 3.8) is 0 Å². The second-order valence-corrected chi connectivity index (χ2v) is 6.11. The third-order valence-electron chi connectivity index (χ3n) is 4.13. The number of carbonyl (C=O) groups is 2. The van der Waals surface area contributed by atoms with Crippen LogP contribution in [0.15, 0.2) is 54.6 Å². The lowest BCUT2D eigenvalue weighted by Gasteiger charge is -2.16. The summed E-state index contributed by atoms with van der Waals surface area (Å²) in [4.78, 5) is 23.8. The minimum absolute atomic E-state index is 0.0758. The first-order chi connectivity index (χ1) is 12.0. The van der Waals surface area contributed by atoms with E-state index in [1.54, 1.807) is 12.1 Å². The lowest BCUT2D eigenvalue weighted by atomic mass is 10.1. The molecule has 0 aliphatic carbocycles. The first kappa shape index (κ1) is 18.7. The van der Waals surface area contributed by atoms with E-state index in [-0.39, 0.29) is 11.9 Å². The van der Waals surface area contributed by atoms with Gasteiger partial charge in [0.05, 0.1) is 0 Å². The summed E-state index contributed by atoms with van der Waals surface area (Å²) in [6.45, 7) is 4.49. The molecule has 0 radical (unpaired) electrons. The molecule has 0 bridgehead atoms. The van der Waals surface area contributed by atoms with Crippen molar-refractivity contribution >= 4 is 11.8 Å². The fourth-order valence-corrected chi connectivity index (χ4v) is 2.43. The largest absolute Gasteiger partial charge is 0.368 e. The Morgan fingerprint density at radius 1 is 1.04 bits per heavy atom. The Balaban J connectivity index is 1.98. The Morgan fingerprint density at radius 3 is 2.24 bits per heavy atom. The smallest absolute Gasteiger partial charge is 0.251 e. The van der Waals surface area contributed by atoms with Gasteiger partial charge < -0.3 is 11.1 Å². The average Bonchev–Trinajstić information content (AvgIpc) is 2.62. The fourth-order valence-electron chi connectivity index (χ4n) is 2.43. The molecule has 0 spiro atoms. The van der Waals surface area contributed by atoms with Gasteiger partial charge in [-0.1, -0.05) is 49.4 Å². The van der Waals surface area contributed by atoms with Crippen molar-refractivity contribution in [2.45, 2.75) is 38.9 Å². The van der Waals surface area contributed by atoms with Crippen molar-refractivity contribution in [1.29, 1.82) is 0 Å². The van der Waals surface area contributed by atoms with Crippen LogP contribution in [0.3, 0.4) is 0 Å². The van der Waals surface area contributed by atoms with E-state index in [0.29, 0.717) is 12.1 Å². The van der Waals surface area contributed by atoms with Crippen LogP contribution in [0.5, 0.6) is 0 Å². The molecule has 2 aromatic carbocycles. The van der Waals surface area contributed by atoms with Crippen molar-refractivity contribution in [2.75, 3.05) is 0 Å². The predicted octanol–water partition coefficient (Wildman–Crippen LogP) is 2.53. The monoisotopic (exact) mass is 339 g/mol. The summed E-state index contributed by atoms with van der Waals surface area (Å²) in [7, 11) is 0. The average molecular weight is 339 g/mol. The molecule has 132 valence electrons. The van der Waals surface area contributed by atoms with Crippen LogP contribution in [-0.2, 0) is 11.3 Å². The molecule has 0 aliphatic rings. The van der Waals surface area contributed by atoms with Crippen LogP contribution < -0.4 is 16.4 Å². The number of rotatable bonds is 8. The molecule has 25 heavy (non-hydrogen) atoms. The highest BCUT2D eigenvalue weighted by Crippen LogP contribution is 2.13. The summed E-state index contributed by atoms with van der Waals surface area (Å²) in [6, 6.07) is 16.3. The Morgan fingerprint density at radius 2 is 1.68 bits per heavy atom. The van der Waals surface area contributed by atoms with Gasteiger partial charge in [-0.25, -0.2) is 0 Å². The highest BCUT2D eigenvalue weighted by Gasteiger charge is 2.16. The normalized spacial score (nSPS) is 13.0. The van der Waals surface area contributed by atoms with E-state index in [1.807, 2.05) is 56.3 Å². The van der Waals surface area contributed by atoms with Crippen LogP contribution in [0.4, 0.5) is 0 Å². The summed E-state index contributed by atoms with van der Waals surface area (Å²) >= 11 is 0. The third kappa shape index (κ3) is 5.43. The summed E-state index contributed by atoms with van der Waals surface area (Å²) in [6.07, 6.45) is 0.891. The minimum atomic E-state index is -0.547. The highest BCUT2D eigenvalue weighted by molar-refractivity contribution is 5.94. The second kappa shape index (κ2) is 8.99. The van der Waals surface area contributed by atoms with Crippen molar-refractivity contribution in [2.24, 2.45) is 5.73 Å². The van der Waals surface area contributed by atoms with E-state index in [0.717, 1.165) is 17.5 Å². The van der Waals surface area contributed by atoms with Crippen molar-refractivity contribution in [1.82, 2.24) is 10.6 Å². The summed E-state index contributed by atoms with van der Waals surface area (Å²) in [5, 5.41) is 6.10. The molecule has 2 atom stereocenters. The number of primary amides is 1. The van der Waals surface area contributed by atoms with E-state index in [1.165, 1.54) is 0 Å². The molecule has 0 aromatic heterocycles. The van der Waals surface area contributed by atoms with E-state index in [9.17, 15) is 9.59 Å². The second-order valence-electron chi connectivity index (χ2n) is 6.11. The van der Waals surface area contributed by atoms with Crippen LogP contribution >= 0.6 is 0 Å². The quantitative estimate of drug-likeness (QED) is 0.691. The molecule has 0 saturated heterocycles. The van der Waals surface area contributed by atoms with E-state index in [2.05, 4.69) is 10.6 Å².